The number of hydrogen-bond donors (Lipinski definition) is 0. The maximum atomic E-state index is 5.21. The molecule has 0 aliphatic heterocycles. The first-order valence-corrected chi connectivity index (χ1v) is 5.53. The molecule has 0 spiro atoms. The molecule has 0 atom stereocenters. The number of benzene rings is 1. The van der Waals surface area contributed by atoms with E-state index in [1.165, 1.54) is 11.5 Å². The lowest BCUT2D eigenvalue weighted by Gasteiger charge is -2.16. The van der Waals surface area contributed by atoms with E-state index in [1.54, 1.807) is 7.11 Å². The van der Waals surface area contributed by atoms with E-state index < -0.39 is 0 Å². The molecule has 0 bridgehead atoms. The van der Waals surface area contributed by atoms with Gasteiger partial charge in [0.1, 0.15) is 5.75 Å². The van der Waals surface area contributed by atoms with Crippen LogP contribution in [0.2, 0.25) is 0 Å². The SMILES string of the molecule is COc1ccc(N(C)c2nnns2)cc1C. The summed E-state index contributed by atoms with van der Waals surface area (Å²) in [4.78, 5) is 1.94. The Labute approximate surface area is 97.8 Å². The molecule has 0 N–H and O–H groups in total. The molecule has 2 aromatic rings. The molecule has 16 heavy (non-hydrogen) atoms. The molecule has 1 aromatic carbocycles. The summed E-state index contributed by atoms with van der Waals surface area (Å²) < 4.78 is 8.95. The van der Waals surface area contributed by atoms with Crippen LogP contribution in [0.5, 0.6) is 5.75 Å². The van der Waals surface area contributed by atoms with Crippen molar-refractivity contribution in [2.75, 3.05) is 19.1 Å². The molecule has 2 rings (SSSR count). The minimum absolute atomic E-state index is 0.768. The van der Waals surface area contributed by atoms with E-state index in [0.29, 0.717) is 0 Å². The maximum absolute atomic E-state index is 5.21. The zero-order chi connectivity index (χ0) is 11.5. The zero-order valence-corrected chi connectivity index (χ0v) is 10.2. The summed E-state index contributed by atoms with van der Waals surface area (Å²) in [5.74, 6) is 0.882. The third kappa shape index (κ3) is 1.96. The fourth-order valence-electron chi connectivity index (χ4n) is 1.44. The Balaban J connectivity index is 2.31. The number of nitrogens with zero attached hydrogens (tertiary/aromatic N) is 4. The Bertz CT molecular complexity index is 472. The smallest absolute Gasteiger partial charge is 0.232 e. The predicted molar refractivity (Wildman–Crippen MR) is 63.5 cm³/mol. The topological polar surface area (TPSA) is 51.1 Å². The zero-order valence-electron chi connectivity index (χ0n) is 9.34. The predicted octanol–water partition coefficient (Wildman–Crippen LogP) is 2.02. The van der Waals surface area contributed by atoms with Crippen LogP contribution in [-0.4, -0.2) is 29.0 Å². The van der Waals surface area contributed by atoms with Crippen LogP contribution >= 0.6 is 11.5 Å². The van der Waals surface area contributed by atoms with Gasteiger partial charge in [-0.1, -0.05) is 9.59 Å². The van der Waals surface area contributed by atoms with Crippen molar-refractivity contribution in [1.29, 1.82) is 0 Å². The summed E-state index contributed by atoms with van der Waals surface area (Å²) in [7, 11) is 3.60. The first-order valence-electron chi connectivity index (χ1n) is 4.76. The maximum Gasteiger partial charge on any atom is 0.232 e. The molecule has 0 fully saturated rings. The van der Waals surface area contributed by atoms with Crippen LogP contribution in [0.1, 0.15) is 5.56 Å². The molecule has 1 aromatic heterocycles. The molecule has 0 aliphatic rings. The summed E-state index contributed by atoms with van der Waals surface area (Å²) in [6.07, 6.45) is 0. The van der Waals surface area contributed by atoms with Gasteiger partial charge in [0, 0.05) is 24.3 Å². The van der Waals surface area contributed by atoms with Gasteiger partial charge in [0.15, 0.2) is 0 Å². The molecule has 0 amide bonds. The highest BCUT2D eigenvalue weighted by molar-refractivity contribution is 7.09. The van der Waals surface area contributed by atoms with Gasteiger partial charge in [-0.25, -0.2) is 0 Å². The average Bonchev–Trinajstić information content (AvgIpc) is 2.81. The van der Waals surface area contributed by atoms with E-state index in [1.807, 2.05) is 37.1 Å². The van der Waals surface area contributed by atoms with Crippen LogP contribution in [0, 0.1) is 6.92 Å². The number of aryl methyl sites for hydroxylation is 1. The number of hydrogen-bond acceptors (Lipinski definition) is 6. The Kier molecular flexibility index (Phi) is 3.00. The largest absolute Gasteiger partial charge is 0.496 e. The molecular weight excluding hydrogens is 224 g/mol. The molecule has 84 valence electrons. The standard InChI is InChI=1S/C10H12N4OS/c1-7-6-8(4-5-9(7)15-3)14(2)10-11-12-13-16-10/h4-6H,1-3H3. The quantitative estimate of drug-likeness (QED) is 0.816. The highest BCUT2D eigenvalue weighted by atomic mass is 32.1. The number of rotatable bonds is 3. The molecule has 0 radical (unpaired) electrons. The molecule has 0 saturated heterocycles. The Hall–Kier alpha value is -1.69. The second kappa shape index (κ2) is 4.44. The van der Waals surface area contributed by atoms with E-state index in [9.17, 15) is 0 Å². The lowest BCUT2D eigenvalue weighted by atomic mass is 10.2. The first-order chi connectivity index (χ1) is 7.72. The van der Waals surface area contributed by atoms with Crippen LogP contribution in [0.4, 0.5) is 10.8 Å². The van der Waals surface area contributed by atoms with E-state index >= 15 is 0 Å². The number of aromatic nitrogens is 3. The normalized spacial score (nSPS) is 10.2. The second-order valence-corrected chi connectivity index (χ2v) is 4.07. The van der Waals surface area contributed by atoms with Crippen LogP contribution in [0.15, 0.2) is 18.2 Å². The van der Waals surface area contributed by atoms with Crippen LogP contribution in [0.25, 0.3) is 0 Å². The molecule has 1 heterocycles. The van der Waals surface area contributed by atoms with Gasteiger partial charge in [-0.3, -0.25) is 0 Å². The fraction of sp³-hybridized carbons (Fsp3) is 0.300. The Morgan fingerprint density at radius 2 is 2.19 bits per heavy atom. The monoisotopic (exact) mass is 236 g/mol. The van der Waals surface area contributed by atoms with Gasteiger partial charge in [-0.05, 0) is 35.9 Å². The molecule has 0 aliphatic carbocycles. The van der Waals surface area contributed by atoms with Crippen molar-refractivity contribution < 1.29 is 4.74 Å². The van der Waals surface area contributed by atoms with E-state index in [2.05, 4.69) is 14.8 Å². The lowest BCUT2D eigenvalue weighted by molar-refractivity contribution is 0.412. The van der Waals surface area contributed by atoms with Crippen molar-refractivity contribution in [1.82, 2.24) is 14.8 Å². The van der Waals surface area contributed by atoms with Crippen molar-refractivity contribution in [2.45, 2.75) is 6.92 Å². The summed E-state index contributed by atoms with van der Waals surface area (Å²) >= 11 is 1.26. The minimum Gasteiger partial charge on any atom is -0.496 e. The van der Waals surface area contributed by atoms with Gasteiger partial charge < -0.3 is 9.64 Å². The summed E-state index contributed by atoms with van der Waals surface area (Å²) in [5, 5.41) is 8.26. The van der Waals surface area contributed by atoms with E-state index in [4.69, 9.17) is 4.74 Å². The van der Waals surface area contributed by atoms with E-state index in [-0.39, 0.29) is 0 Å². The lowest BCUT2D eigenvalue weighted by Crippen LogP contribution is -2.09. The Morgan fingerprint density at radius 1 is 1.38 bits per heavy atom. The van der Waals surface area contributed by atoms with Crippen LogP contribution < -0.4 is 9.64 Å². The number of ether oxygens (including phenoxy) is 1. The van der Waals surface area contributed by atoms with Crippen molar-refractivity contribution in [3.63, 3.8) is 0 Å². The molecular formula is C10H12N4OS. The number of methoxy groups -OCH3 is 1. The Morgan fingerprint density at radius 3 is 2.75 bits per heavy atom. The highest BCUT2D eigenvalue weighted by Gasteiger charge is 2.09. The van der Waals surface area contributed by atoms with Gasteiger partial charge in [-0.2, -0.15) is 0 Å². The third-order valence-corrected chi connectivity index (χ3v) is 3.02. The average molecular weight is 236 g/mol. The van der Waals surface area contributed by atoms with Crippen molar-refractivity contribution >= 4 is 22.4 Å². The van der Waals surface area contributed by atoms with Gasteiger partial charge in [0.05, 0.1) is 7.11 Å². The van der Waals surface area contributed by atoms with Crippen molar-refractivity contribution in [3.8, 4) is 5.75 Å². The van der Waals surface area contributed by atoms with Crippen LogP contribution in [-0.2, 0) is 0 Å². The van der Waals surface area contributed by atoms with Gasteiger partial charge in [0.2, 0.25) is 5.13 Å². The van der Waals surface area contributed by atoms with E-state index in [0.717, 1.165) is 22.1 Å². The highest BCUT2D eigenvalue weighted by Crippen LogP contribution is 2.28. The molecule has 0 saturated carbocycles. The van der Waals surface area contributed by atoms with Crippen molar-refractivity contribution in [2.24, 2.45) is 0 Å². The first kappa shape index (κ1) is 10.8. The third-order valence-electron chi connectivity index (χ3n) is 2.34. The summed E-state index contributed by atoms with van der Waals surface area (Å²) in [5.41, 5.74) is 2.13. The molecule has 0 unspecified atom stereocenters. The fourth-order valence-corrected chi connectivity index (χ4v) is 1.89. The van der Waals surface area contributed by atoms with Crippen molar-refractivity contribution in [3.05, 3.63) is 23.8 Å². The summed E-state index contributed by atoms with van der Waals surface area (Å²) in [6.45, 7) is 2.01. The molecule has 6 heteroatoms. The van der Waals surface area contributed by atoms with Crippen LogP contribution in [0.3, 0.4) is 0 Å². The number of anilines is 2. The minimum atomic E-state index is 0.768. The van der Waals surface area contributed by atoms with Gasteiger partial charge in [-0.15, -0.1) is 0 Å². The van der Waals surface area contributed by atoms with Gasteiger partial charge >= 0.3 is 0 Å². The molecule has 5 nitrogen and oxygen atoms in total. The van der Waals surface area contributed by atoms with Gasteiger partial charge in [0.25, 0.3) is 0 Å². The summed E-state index contributed by atoms with van der Waals surface area (Å²) in [6, 6.07) is 5.96. The second-order valence-electron chi connectivity index (χ2n) is 3.36.